The van der Waals surface area contributed by atoms with E-state index >= 15 is 0 Å². The van der Waals surface area contributed by atoms with Gasteiger partial charge < -0.3 is 4.74 Å². The van der Waals surface area contributed by atoms with Crippen LogP contribution in [0.3, 0.4) is 0 Å². The van der Waals surface area contributed by atoms with E-state index in [0.717, 1.165) is 6.42 Å². The van der Waals surface area contributed by atoms with Gasteiger partial charge in [-0.2, -0.15) is 0 Å². The highest BCUT2D eigenvalue weighted by atomic mass is 16.6. The molecular formula is C10H17NO3. The summed E-state index contributed by atoms with van der Waals surface area (Å²) in [6, 6.07) is 0.00343. The van der Waals surface area contributed by atoms with Crippen LogP contribution in [0.25, 0.3) is 0 Å². The third kappa shape index (κ3) is 2.05. The third-order valence-electron chi connectivity index (χ3n) is 2.51. The lowest BCUT2D eigenvalue weighted by Gasteiger charge is -2.35. The molecule has 1 atom stereocenters. The van der Waals surface area contributed by atoms with Crippen molar-refractivity contribution in [2.24, 2.45) is 5.92 Å². The van der Waals surface area contributed by atoms with Crippen molar-refractivity contribution in [3.63, 3.8) is 0 Å². The summed E-state index contributed by atoms with van der Waals surface area (Å²) < 4.78 is 4.86. The van der Waals surface area contributed by atoms with Crippen molar-refractivity contribution in [1.82, 2.24) is 4.90 Å². The molecule has 1 rings (SSSR count). The number of nitrogens with zero attached hydrogens (tertiary/aromatic N) is 1. The van der Waals surface area contributed by atoms with E-state index < -0.39 is 6.09 Å². The molecular weight excluding hydrogens is 182 g/mol. The van der Waals surface area contributed by atoms with Gasteiger partial charge in [0.2, 0.25) is 5.91 Å². The summed E-state index contributed by atoms with van der Waals surface area (Å²) in [4.78, 5) is 24.2. The molecule has 0 aromatic rings. The summed E-state index contributed by atoms with van der Waals surface area (Å²) in [7, 11) is 0. The second-order valence-electron chi connectivity index (χ2n) is 3.83. The van der Waals surface area contributed by atoms with Crippen LogP contribution in [0.4, 0.5) is 4.79 Å². The predicted octanol–water partition coefficient (Wildman–Crippen LogP) is 1.79. The molecule has 1 saturated heterocycles. The third-order valence-corrected chi connectivity index (χ3v) is 2.51. The lowest BCUT2D eigenvalue weighted by atomic mass is 9.98. The minimum atomic E-state index is -0.484. The van der Waals surface area contributed by atoms with Crippen molar-refractivity contribution in [1.29, 1.82) is 0 Å². The molecule has 0 radical (unpaired) electrons. The van der Waals surface area contributed by atoms with Crippen molar-refractivity contribution in [2.45, 2.75) is 39.7 Å². The smallest absolute Gasteiger partial charge is 0.416 e. The molecule has 80 valence electrons. The fourth-order valence-electron chi connectivity index (χ4n) is 1.69. The van der Waals surface area contributed by atoms with Crippen LogP contribution in [0.15, 0.2) is 0 Å². The predicted molar refractivity (Wildman–Crippen MR) is 51.7 cm³/mol. The van der Waals surface area contributed by atoms with Crippen LogP contribution in [0, 0.1) is 5.92 Å². The molecule has 14 heavy (non-hydrogen) atoms. The molecule has 0 N–H and O–H groups in total. The Morgan fingerprint density at radius 1 is 1.64 bits per heavy atom. The van der Waals surface area contributed by atoms with Crippen molar-refractivity contribution >= 4 is 12.0 Å². The molecule has 0 aromatic carbocycles. The SMILES string of the molecule is CCC(=O)N1C(=O)OCC[C@@H]1C(C)C. The van der Waals surface area contributed by atoms with E-state index in [0.29, 0.717) is 18.9 Å². The summed E-state index contributed by atoms with van der Waals surface area (Å²) in [5.41, 5.74) is 0. The Morgan fingerprint density at radius 2 is 2.29 bits per heavy atom. The van der Waals surface area contributed by atoms with Crippen molar-refractivity contribution in [2.75, 3.05) is 6.61 Å². The molecule has 0 bridgehead atoms. The Kier molecular flexibility index (Phi) is 3.49. The van der Waals surface area contributed by atoms with E-state index in [9.17, 15) is 9.59 Å². The van der Waals surface area contributed by atoms with Crippen LogP contribution >= 0.6 is 0 Å². The van der Waals surface area contributed by atoms with Gasteiger partial charge in [-0.15, -0.1) is 0 Å². The maximum Gasteiger partial charge on any atom is 0.416 e. The van der Waals surface area contributed by atoms with Gasteiger partial charge in [-0.1, -0.05) is 20.8 Å². The number of hydrogen-bond donors (Lipinski definition) is 0. The highest BCUT2D eigenvalue weighted by molar-refractivity contribution is 5.92. The first-order chi connectivity index (χ1) is 6.57. The topological polar surface area (TPSA) is 46.6 Å². The Morgan fingerprint density at radius 3 is 2.79 bits per heavy atom. The molecule has 1 heterocycles. The van der Waals surface area contributed by atoms with Crippen LogP contribution in [0.1, 0.15) is 33.6 Å². The summed E-state index contributed by atoms with van der Waals surface area (Å²) in [6.07, 6.45) is 0.606. The Labute approximate surface area is 84.2 Å². The molecule has 0 aliphatic carbocycles. The second kappa shape index (κ2) is 4.44. The van der Waals surface area contributed by atoms with Gasteiger partial charge >= 0.3 is 6.09 Å². The van der Waals surface area contributed by atoms with Gasteiger partial charge in [0.1, 0.15) is 0 Å². The molecule has 2 amide bonds. The standard InChI is InChI=1S/C10H17NO3/c1-4-9(12)11-8(7(2)3)5-6-14-10(11)13/h7-8H,4-6H2,1-3H3/t8-/m1/s1. The van der Waals surface area contributed by atoms with E-state index in [1.54, 1.807) is 6.92 Å². The molecule has 1 aliphatic heterocycles. The van der Waals surface area contributed by atoms with Crippen LogP contribution in [0.5, 0.6) is 0 Å². The summed E-state index contributed by atoms with van der Waals surface area (Å²) >= 11 is 0. The summed E-state index contributed by atoms with van der Waals surface area (Å²) in [6.45, 7) is 6.20. The second-order valence-corrected chi connectivity index (χ2v) is 3.83. The molecule has 0 saturated carbocycles. The first-order valence-electron chi connectivity index (χ1n) is 5.06. The maximum absolute atomic E-state index is 11.5. The first kappa shape index (κ1) is 11.0. The number of cyclic esters (lactones) is 1. The molecule has 1 aliphatic rings. The molecule has 0 spiro atoms. The average Bonchev–Trinajstić information content (AvgIpc) is 2.16. The largest absolute Gasteiger partial charge is 0.449 e. The zero-order valence-electron chi connectivity index (χ0n) is 8.95. The number of ether oxygens (including phenoxy) is 1. The maximum atomic E-state index is 11.5. The van der Waals surface area contributed by atoms with Gasteiger partial charge in [-0.25, -0.2) is 9.69 Å². The highest BCUT2D eigenvalue weighted by Gasteiger charge is 2.35. The number of carbonyl (C=O) groups excluding carboxylic acids is 2. The highest BCUT2D eigenvalue weighted by Crippen LogP contribution is 2.21. The van der Waals surface area contributed by atoms with E-state index in [2.05, 4.69) is 0 Å². The molecule has 1 fully saturated rings. The number of rotatable bonds is 2. The normalized spacial score (nSPS) is 22.4. The van der Waals surface area contributed by atoms with Gasteiger partial charge in [0.05, 0.1) is 6.61 Å². The monoisotopic (exact) mass is 199 g/mol. The fourth-order valence-corrected chi connectivity index (χ4v) is 1.69. The molecule has 0 aromatic heterocycles. The van der Waals surface area contributed by atoms with Gasteiger partial charge in [0.25, 0.3) is 0 Å². The molecule has 4 heteroatoms. The number of hydrogen-bond acceptors (Lipinski definition) is 3. The van der Waals surface area contributed by atoms with E-state index in [4.69, 9.17) is 4.74 Å². The fraction of sp³-hybridized carbons (Fsp3) is 0.800. The van der Waals surface area contributed by atoms with Crippen LogP contribution in [-0.4, -0.2) is 29.5 Å². The Bertz CT molecular complexity index is 230. The summed E-state index contributed by atoms with van der Waals surface area (Å²) in [5, 5.41) is 0. The lowest BCUT2D eigenvalue weighted by Crippen LogP contribution is -2.51. The van der Waals surface area contributed by atoms with Crippen molar-refractivity contribution in [3.05, 3.63) is 0 Å². The first-order valence-corrected chi connectivity index (χ1v) is 5.06. The zero-order chi connectivity index (χ0) is 10.7. The quantitative estimate of drug-likeness (QED) is 0.681. The van der Waals surface area contributed by atoms with Crippen LogP contribution in [-0.2, 0) is 9.53 Å². The zero-order valence-corrected chi connectivity index (χ0v) is 8.95. The van der Waals surface area contributed by atoms with Gasteiger partial charge in [0, 0.05) is 18.9 Å². The molecule has 0 unspecified atom stereocenters. The van der Waals surface area contributed by atoms with Crippen molar-refractivity contribution in [3.8, 4) is 0 Å². The number of carbonyl (C=O) groups is 2. The van der Waals surface area contributed by atoms with Crippen LogP contribution < -0.4 is 0 Å². The lowest BCUT2D eigenvalue weighted by molar-refractivity contribution is -0.134. The Balaban J connectivity index is 2.81. The van der Waals surface area contributed by atoms with Gasteiger partial charge in [-0.05, 0) is 5.92 Å². The Hall–Kier alpha value is -1.06. The van der Waals surface area contributed by atoms with Crippen molar-refractivity contribution < 1.29 is 14.3 Å². The average molecular weight is 199 g/mol. The van der Waals surface area contributed by atoms with E-state index in [1.165, 1.54) is 4.90 Å². The summed E-state index contributed by atoms with van der Waals surface area (Å²) in [5.74, 6) is 0.145. The minimum Gasteiger partial charge on any atom is -0.449 e. The van der Waals surface area contributed by atoms with Gasteiger partial charge in [0.15, 0.2) is 0 Å². The van der Waals surface area contributed by atoms with Gasteiger partial charge in [-0.3, -0.25) is 4.79 Å². The van der Waals surface area contributed by atoms with Crippen LogP contribution in [0.2, 0.25) is 0 Å². The van der Waals surface area contributed by atoms with E-state index in [1.807, 2.05) is 13.8 Å². The molecule has 4 nitrogen and oxygen atoms in total. The van der Waals surface area contributed by atoms with E-state index in [-0.39, 0.29) is 11.9 Å². The number of imide groups is 1. The number of amides is 2. The minimum absolute atomic E-state index is 0.00343.